The van der Waals surface area contributed by atoms with Crippen LogP contribution in [0.4, 0.5) is 0 Å². The number of fused-ring (bicyclic) bond motifs is 2. The van der Waals surface area contributed by atoms with Gasteiger partial charge >= 0.3 is 0 Å². The molecule has 1 amide bonds. The normalized spacial score (nSPS) is 27.7. The monoisotopic (exact) mass is 368 g/mol. The molecule has 2 aliphatic heterocycles. The van der Waals surface area contributed by atoms with Gasteiger partial charge in [-0.15, -0.1) is 5.10 Å². The Bertz CT molecular complexity index is 920. The van der Waals surface area contributed by atoms with Gasteiger partial charge in [0.2, 0.25) is 0 Å². The summed E-state index contributed by atoms with van der Waals surface area (Å²) in [6.45, 7) is 6.54. The van der Waals surface area contributed by atoms with Crippen molar-refractivity contribution in [1.29, 1.82) is 0 Å². The summed E-state index contributed by atoms with van der Waals surface area (Å²) >= 11 is 1.55. The lowest BCUT2D eigenvalue weighted by molar-refractivity contribution is -0.116. The fourth-order valence-electron chi connectivity index (χ4n) is 4.06. The average Bonchev–Trinajstić information content (AvgIpc) is 2.61. The van der Waals surface area contributed by atoms with Crippen molar-refractivity contribution in [3.05, 3.63) is 46.5 Å². The summed E-state index contributed by atoms with van der Waals surface area (Å²) in [7, 11) is 0. The maximum Gasteiger partial charge on any atom is 0.276 e. The van der Waals surface area contributed by atoms with Crippen LogP contribution in [0.2, 0.25) is 0 Å². The highest BCUT2D eigenvalue weighted by Gasteiger charge is 2.39. The van der Waals surface area contributed by atoms with Crippen molar-refractivity contribution in [3.63, 3.8) is 0 Å². The van der Waals surface area contributed by atoms with Crippen LogP contribution in [-0.2, 0) is 4.79 Å². The summed E-state index contributed by atoms with van der Waals surface area (Å²) in [5.41, 5.74) is 2.07. The van der Waals surface area contributed by atoms with Crippen LogP contribution in [0, 0.1) is 11.8 Å². The predicted molar refractivity (Wildman–Crippen MR) is 106 cm³/mol. The van der Waals surface area contributed by atoms with Gasteiger partial charge in [-0.1, -0.05) is 55.5 Å². The molecule has 2 heterocycles. The highest BCUT2D eigenvalue weighted by atomic mass is 32.2. The molecule has 0 aromatic heterocycles. The van der Waals surface area contributed by atoms with E-state index in [1.807, 2.05) is 29.3 Å². The van der Waals surface area contributed by atoms with Gasteiger partial charge < -0.3 is 0 Å². The number of amides is 1. The molecule has 4 rings (SSSR count). The molecule has 0 fully saturated rings. The SMILES string of the molecule is CCSC1=NN2C(=c3ccccc3=N[C@@H]2[C@H]2CC=C(C)C[C@@H]2C)C(=O)N1. The second kappa shape index (κ2) is 6.91. The Labute approximate surface area is 157 Å². The molecule has 3 aliphatic rings. The molecule has 0 spiro atoms. The first-order chi connectivity index (χ1) is 12.6. The van der Waals surface area contributed by atoms with E-state index in [-0.39, 0.29) is 12.1 Å². The molecule has 1 aromatic carbocycles. The van der Waals surface area contributed by atoms with Crippen LogP contribution in [0.15, 0.2) is 46.0 Å². The van der Waals surface area contributed by atoms with Gasteiger partial charge in [-0.05, 0) is 37.5 Å². The highest BCUT2D eigenvalue weighted by Crippen LogP contribution is 2.36. The molecule has 0 saturated heterocycles. The molecule has 1 aliphatic carbocycles. The number of hydrazone groups is 1. The largest absolute Gasteiger partial charge is 0.298 e. The molecule has 3 atom stereocenters. The van der Waals surface area contributed by atoms with Crippen LogP contribution in [0.25, 0.3) is 5.70 Å². The first-order valence-corrected chi connectivity index (χ1v) is 10.2. The Morgan fingerprint density at radius 2 is 2.15 bits per heavy atom. The van der Waals surface area contributed by atoms with E-state index in [1.165, 1.54) is 5.57 Å². The number of hydrogen-bond donors (Lipinski definition) is 1. The van der Waals surface area contributed by atoms with Crippen molar-refractivity contribution < 1.29 is 4.79 Å². The molecular formula is C20H24N4OS. The van der Waals surface area contributed by atoms with E-state index < -0.39 is 0 Å². The molecule has 0 saturated carbocycles. The number of allylic oxidation sites excluding steroid dienone is 2. The highest BCUT2D eigenvalue weighted by molar-refractivity contribution is 8.13. The standard InChI is InChI=1S/C20H24N4OS/c1-4-26-20-22-19(25)17-15-7-5-6-8-16(15)21-18(24(17)23-20)14-10-9-12(2)11-13(14)3/h5-9,13-14,18H,4,10-11H2,1-3H3,(H,22,23,25)/t13-,14-,18-/m0/s1. The molecule has 1 N–H and O–H groups in total. The molecule has 5 nitrogen and oxygen atoms in total. The van der Waals surface area contributed by atoms with Gasteiger partial charge in [-0.25, -0.2) is 5.01 Å². The van der Waals surface area contributed by atoms with Gasteiger partial charge in [0.25, 0.3) is 5.91 Å². The Morgan fingerprint density at radius 1 is 1.35 bits per heavy atom. The summed E-state index contributed by atoms with van der Waals surface area (Å²) in [6, 6.07) is 7.88. The predicted octanol–water partition coefficient (Wildman–Crippen LogP) is 2.20. The lowest BCUT2D eigenvalue weighted by atomic mass is 9.79. The second-order valence-corrected chi connectivity index (χ2v) is 8.43. The third kappa shape index (κ3) is 2.96. The summed E-state index contributed by atoms with van der Waals surface area (Å²) < 4.78 is 0. The summed E-state index contributed by atoms with van der Waals surface area (Å²) in [4.78, 5) is 17.9. The zero-order valence-electron chi connectivity index (χ0n) is 15.4. The fourth-order valence-corrected chi connectivity index (χ4v) is 4.64. The number of carbonyl (C=O) groups is 1. The molecule has 0 radical (unpaired) electrons. The van der Waals surface area contributed by atoms with Crippen molar-refractivity contribution in [2.75, 3.05) is 5.75 Å². The molecule has 0 unspecified atom stereocenters. The smallest absolute Gasteiger partial charge is 0.276 e. The summed E-state index contributed by atoms with van der Waals surface area (Å²) in [5.74, 6) is 1.62. The minimum Gasteiger partial charge on any atom is -0.298 e. The number of rotatable bonds is 2. The zero-order valence-corrected chi connectivity index (χ0v) is 16.2. The minimum atomic E-state index is -0.141. The first kappa shape index (κ1) is 17.3. The van der Waals surface area contributed by atoms with Crippen LogP contribution >= 0.6 is 11.8 Å². The Balaban J connectivity index is 1.86. The quantitative estimate of drug-likeness (QED) is 0.814. The van der Waals surface area contributed by atoms with Crippen molar-refractivity contribution in [1.82, 2.24) is 10.3 Å². The third-order valence-corrected chi connectivity index (χ3v) is 6.07. The van der Waals surface area contributed by atoms with Crippen LogP contribution in [-0.4, -0.2) is 28.0 Å². The molecular weight excluding hydrogens is 344 g/mol. The van der Waals surface area contributed by atoms with Gasteiger partial charge in [-0.3, -0.25) is 15.1 Å². The maximum absolute atomic E-state index is 12.9. The molecule has 26 heavy (non-hydrogen) atoms. The van der Waals surface area contributed by atoms with E-state index in [0.717, 1.165) is 29.2 Å². The number of thioether (sulfide) groups is 1. The lowest BCUT2D eigenvalue weighted by Gasteiger charge is -2.40. The van der Waals surface area contributed by atoms with Crippen molar-refractivity contribution in [2.45, 2.75) is 39.8 Å². The van der Waals surface area contributed by atoms with Gasteiger partial charge in [-0.2, -0.15) is 0 Å². The number of nitrogens with zero attached hydrogens (tertiary/aromatic N) is 3. The minimum absolute atomic E-state index is 0.0847. The molecule has 6 heteroatoms. The van der Waals surface area contributed by atoms with Crippen LogP contribution in [0.5, 0.6) is 0 Å². The number of nitrogens with one attached hydrogen (secondary N) is 1. The number of hydrogen-bond acceptors (Lipinski definition) is 5. The molecule has 0 bridgehead atoms. The lowest BCUT2D eigenvalue weighted by Crippen LogP contribution is -2.55. The van der Waals surface area contributed by atoms with Gasteiger partial charge in [0, 0.05) is 11.1 Å². The van der Waals surface area contributed by atoms with E-state index in [9.17, 15) is 4.79 Å². The van der Waals surface area contributed by atoms with Crippen LogP contribution in [0.3, 0.4) is 0 Å². The maximum atomic E-state index is 12.9. The average molecular weight is 369 g/mol. The Hall–Kier alpha value is -2.08. The van der Waals surface area contributed by atoms with E-state index >= 15 is 0 Å². The van der Waals surface area contributed by atoms with Crippen molar-refractivity contribution in [2.24, 2.45) is 21.9 Å². The molecule has 136 valence electrons. The van der Waals surface area contributed by atoms with Gasteiger partial charge in [0.15, 0.2) is 5.17 Å². The van der Waals surface area contributed by atoms with E-state index in [1.54, 1.807) is 11.8 Å². The van der Waals surface area contributed by atoms with Crippen molar-refractivity contribution >= 4 is 28.5 Å². The number of amidine groups is 1. The van der Waals surface area contributed by atoms with E-state index in [4.69, 9.17) is 10.1 Å². The number of para-hydroxylation sites is 1. The summed E-state index contributed by atoms with van der Waals surface area (Å²) in [5, 5.41) is 12.0. The van der Waals surface area contributed by atoms with Gasteiger partial charge in [0.05, 0.1) is 5.36 Å². The topological polar surface area (TPSA) is 57.1 Å². The number of carbonyl (C=O) groups excluding carboxylic acids is 1. The van der Waals surface area contributed by atoms with E-state index in [2.05, 4.69) is 32.2 Å². The molecule has 1 aromatic rings. The fraction of sp³-hybridized carbons (Fsp3) is 0.450. The van der Waals surface area contributed by atoms with Crippen molar-refractivity contribution in [3.8, 4) is 0 Å². The van der Waals surface area contributed by atoms with Crippen LogP contribution < -0.4 is 15.9 Å². The third-order valence-electron chi connectivity index (χ3n) is 5.32. The summed E-state index contributed by atoms with van der Waals surface area (Å²) in [6.07, 6.45) is 4.22. The van der Waals surface area contributed by atoms with Gasteiger partial charge in [0.1, 0.15) is 11.9 Å². The zero-order chi connectivity index (χ0) is 18.3. The second-order valence-electron chi connectivity index (χ2n) is 7.18. The Kier molecular flexibility index (Phi) is 4.61. The Morgan fingerprint density at radius 3 is 2.92 bits per heavy atom. The van der Waals surface area contributed by atoms with E-state index in [0.29, 0.717) is 22.7 Å². The number of benzene rings is 1. The van der Waals surface area contributed by atoms with Crippen LogP contribution in [0.1, 0.15) is 33.6 Å². The first-order valence-electron chi connectivity index (χ1n) is 9.23.